The molecule has 0 atom stereocenters. The van der Waals surface area contributed by atoms with E-state index in [4.69, 9.17) is 0 Å². The standard InChI is InChI=1S/C7H9N3O3/c1-9-3-5(8-4-11)6(12)10(2)7(9)13/h3-4H,1-2H3,(H,8,11). The van der Waals surface area contributed by atoms with Gasteiger partial charge >= 0.3 is 5.69 Å². The molecule has 0 aliphatic rings. The van der Waals surface area contributed by atoms with E-state index in [1.54, 1.807) is 0 Å². The molecular formula is C7H9N3O3. The Morgan fingerprint density at radius 2 is 2.00 bits per heavy atom. The van der Waals surface area contributed by atoms with Crippen molar-refractivity contribution in [2.75, 3.05) is 5.32 Å². The van der Waals surface area contributed by atoms with E-state index in [1.165, 1.54) is 24.9 Å². The number of anilines is 1. The number of nitrogens with one attached hydrogen (secondary N) is 1. The van der Waals surface area contributed by atoms with Crippen molar-refractivity contribution in [1.29, 1.82) is 0 Å². The lowest BCUT2D eigenvalue weighted by Crippen LogP contribution is -2.37. The summed E-state index contributed by atoms with van der Waals surface area (Å²) in [6, 6.07) is 0. The van der Waals surface area contributed by atoms with Gasteiger partial charge in [-0.15, -0.1) is 0 Å². The predicted molar refractivity (Wildman–Crippen MR) is 46.6 cm³/mol. The summed E-state index contributed by atoms with van der Waals surface area (Å²) < 4.78 is 2.14. The van der Waals surface area contributed by atoms with Gasteiger partial charge in [0.25, 0.3) is 5.56 Å². The van der Waals surface area contributed by atoms with Crippen molar-refractivity contribution in [3.63, 3.8) is 0 Å². The van der Waals surface area contributed by atoms with Crippen molar-refractivity contribution in [1.82, 2.24) is 9.13 Å². The van der Waals surface area contributed by atoms with Gasteiger partial charge in [0.15, 0.2) is 0 Å². The van der Waals surface area contributed by atoms with Gasteiger partial charge in [-0.3, -0.25) is 14.2 Å². The van der Waals surface area contributed by atoms with Crippen LogP contribution in [0.2, 0.25) is 0 Å². The first-order valence-electron chi connectivity index (χ1n) is 3.54. The summed E-state index contributed by atoms with van der Waals surface area (Å²) >= 11 is 0. The van der Waals surface area contributed by atoms with Crippen LogP contribution in [0.1, 0.15) is 0 Å². The highest BCUT2D eigenvalue weighted by Gasteiger charge is 2.04. The molecule has 0 unspecified atom stereocenters. The van der Waals surface area contributed by atoms with Gasteiger partial charge in [0.2, 0.25) is 6.41 Å². The van der Waals surface area contributed by atoms with Gasteiger partial charge in [0.05, 0.1) is 0 Å². The van der Waals surface area contributed by atoms with E-state index >= 15 is 0 Å². The molecule has 0 saturated heterocycles. The van der Waals surface area contributed by atoms with Crippen molar-refractivity contribution < 1.29 is 4.79 Å². The largest absolute Gasteiger partial charge is 0.330 e. The molecule has 70 valence electrons. The van der Waals surface area contributed by atoms with Crippen LogP contribution in [0.15, 0.2) is 15.8 Å². The maximum Gasteiger partial charge on any atom is 0.330 e. The Kier molecular flexibility index (Phi) is 2.32. The second-order valence-corrected chi connectivity index (χ2v) is 2.56. The Hall–Kier alpha value is -1.85. The molecule has 0 spiro atoms. The molecule has 1 aromatic heterocycles. The highest BCUT2D eigenvalue weighted by atomic mass is 16.2. The minimum absolute atomic E-state index is 0.0830. The van der Waals surface area contributed by atoms with E-state index in [-0.39, 0.29) is 5.69 Å². The Morgan fingerprint density at radius 1 is 1.38 bits per heavy atom. The number of aromatic nitrogens is 2. The van der Waals surface area contributed by atoms with Crippen LogP contribution in [-0.4, -0.2) is 15.5 Å². The van der Waals surface area contributed by atoms with Crippen LogP contribution in [0, 0.1) is 0 Å². The number of carbonyl (C=O) groups excluding carboxylic acids is 1. The molecule has 1 amide bonds. The van der Waals surface area contributed by atoms with Gasteiger partial charge < -0.3 is 9.88 Å². The predicted octanol–water partition coefficient (Wildman–Crippen LogP) is -1.35. The second kappa shape index (κ2) is 3.26. The van der Waals surface area contributed by atoms with Crippen LogP contribution < -0.4 is 16.6 Å². The second-order valence-electron chi connectivity index (χ2n) is 2.56. The maximum absolute atomic E-state index is 11.3. The average Bonchev–Trinajstić information content (AvgIpc) is 2.11. The molecule has 0 saturated carbocycles. The minimum Gasteiger partial charge on any atom is -0.323 e. The molecule has 0 fully saturated rings. The Morgan fingerprint density at radius 3 is 2.54 bits per heavy atom. The number of hydrogen-bond acceptors (Lipinski definition) is 3. The van der Waals surface area contributed by atoms with E-state index in [1.807, 2.05) is 0 Å². The van der Waals surface area contributed by atoms with Gasteiger partial charge in [-0.25, -0.2) is 4.79 Å². The van der Waals surface area contributed by atoms with Gasteiger partial charge in [-0.1, -0.05) is 0 Å². The normalized spacial score (nSPS) is 9.69. The molecule has 1 heterocycles. The van der Waals surface area contributed by atoms with Crippen molar-refractivity contribution in [2.45, 2.75) is 0 Å². The van der Waals surface area contributed by atoms with E-state index in [9.17, 15) is 14.4 Å². The summed E-state index contributed by atoms with van der Waals surface area (Å²) in [5, 5.41) is 2.21. The molecule has 0 radical (unpaired) electrons. The summed E-state index contributed by atoms with van der Waals surface area (Å²) in [5.74, 6) is 0. The summed E-state index contributed by atoms with van der Waals surface area (Å²) in [5.41, 5.74) is -0.865. The first-order chi connectivity index (χ1) is 6.07. The summed E-state index contributed by atoms with van der Waals surface area (Å²) in [4.78, 5) is 32.5. The van der Waals surface area contributed by atoms with Crippen LogP contribution in [0.4, 0.5) is 5.69 Å². The third-order valence-electron chi connectivity index (χ3n) is 1.66. The topological polar surface area (TPSA) is 73.1 Å². The minimum atomic E-state index is -0.518. The molecule has 13 heavy (non-hydrogen) atoms. The summed E-state index contributed by atoms with van der Waals surface area (Å²) in [7, 11) is 2.85. The van der Waals surface area contributed by atoms with Gasteiger partial charge in [-0.2, -0.15) is 0 Å². The summed E-state index contributed by atoms with van der Waals surface area (Å²) in [6.07, 6.45) is 1.67. The number of nitrogens with zero attached hydrogens (tertiary/aromatic N) is 2. The van der Waals surface area contributed by atoms with E-state index in [0.717, 1.165) is 4.57 Å². The zero-order chi connectivity index (χ0) is 10.0. The lowest BCUT2D eigenvalue weighted by atomic mass is 10.5. The Labute approximate surface area is 73.4 Å². The SMILES string of the molecule is Cn1cc(NC=O)c(=O)n(C)c1=O. The number of carbonyl (C=O) groups is 1. The fraction of sp³-hybridized carbons (Fsp3) is 0.286. The van der Waals surface area contributed by atoms with Gasteiger partial charge in [0, 0.05) is 20.3 Å². The van der Waals surface area contributed by atoms with Crippen LogP contribution in [0.25, 0.3) is 0 Å². The fourth-order valence-electron chi connectivity index (χ4n) is 0.971. The van der Waals surface area contributed by atoms with Crippen molar-refractivity contribution in [2.24, 2.45) is 14.1 Å². The molecule has 0 bridgehead atoms. The summed E-state index contributed by atoms with van der Waals surface area (Å²) in [6.45, 7) is 0. The molecule has 0 aliphatic heterocycles. The lowest BCUT2D eigenvalue weighted by molar-refractivity contribution is -0.105. The molecule has 6 nitrogen and oxygen atoms in total. The van der Waals surface area contributed by atoms with E-state index in [2.05, 4.69) is 5.32 Å². The number of aryl methyl sites for hydroxylation is 1. The molecule has 0 aromatic carbocycles. The van der Waals surface area contributed by atoms with Crippen LogP contribution >= 0.6 is 0 Å². The van der Waals surface area contributed by atoms with E-state index < -0.39 is 11.2 Å². The quantitative estimate of drug-likeness (QED) is 0.576. The van der Waals surface area contributed by atoms with Crippen molar-refractivity contribution in [3.8, 4) is 0 Å². The average molecular weight is 183 g/mol. The highest BCUT2D eigenvalue weighted by Crippen LogP contribution is 1.91. The fourth-order valence-corrected chi connectivity index (χ4v) is 0.971. The maximum atomic E-state index is 11.3. The zero-order valence-corrected chi connectivity index (χ0v) is 7.27. The Balaban J connectivity index is 3.50. The smallest absolute Gasteiger partial charge is 0.323 e. The van der Waals surface area contributed by atoms with E-state index in [0.29, 0.717) is 6.41 Å². The number of rotatable bonds is 2. The van der Waals surface area contributed by atoms with Crippen molar-refractivity contribution in [3.05, 3.63) is 27.0 Å². The molecule has 1 aromatic rings. The highest BCUT2D eigenvalue weighted by molar-refractivity contribution is 5.69. The van der Waals surface area contributed by atoms with Crippen molar-refractivity contribution >= 4 is 12.1 Å². The third kappa shape index (κ3) is 1.51. The molecule has 1 N–H and O–H groups in total. The molecule has 0 aliphatic carbocycles. The number of hydrogen-bond donors (Lipinski definition) is 1. The lowest BCUT2D eigenvalue weighted by Gasteiger charge is -2.04. The van der Waals surface area contributed by atoms with Crippen LogP contribution in [-0.2, 0) is 18.9 Å². The first-order valence-corrected chi connectivity index (χ1v) is 3.54. The molecule has 6 heteroatoms. The third-order valence-corrected chi connectivity index (χ3v) is 1.66. The first kappa shape index (κ1) is 9.24. The zero-order valence-electron chi connectivity index (χ0n) is 7.27. The van der Waals surface area contributed by atoms with Crippen LogP contribution in [0.3, 0.4) is 0 Å². The van der Waals surface area contributed by atoms with Gasteiger partial charge in [0.1, 0.15) is 5.69 Å². The Bertz CT molecular complexity index is 443. The van der Waals surface area contributed by atoms with Gasteiger partial charge in [-0.05, 0) is 0 Å². The molecular weight excluding hydrogens is 174 g/mol. The number of amides is 1. The van der Waals surface area contributed by atoms with Crippen LogP contribution in [0.5, 0.6) is 0 Å². The monoisotopic (exact) mass is 183 g/mol. The molecule has 1 rings (SSSR count).